The van der Waals surface area contributed by atoms with Crippen LogP contribution in [0.15, 0.2) is 41.6 Å². The third-order valence-corrected chi connectivity index (χ3v) is 4.69. The molecule has 0 aliphatic heterocycles. The summed E-state index contributed by atoms with van der Waals surface area (Å²) in [6.45, 7) is 1.47. The highest BCUT2D eigenvalue weighted by Crippen LogP contribution is 2.26. The number of nitrogens with zero attached hydrogens (tertiary/aromatic N) is 2. The maximum Gasteiger partial charge on any atom is 0.267 e. The van der Waals surface area contributed by atoms with Crippen LogP contribution < -0.4 is 10.0 Å². The van der Waals surface area contributed by atoms with Gasteiger partial charge in [-0.15, -0.1) is 0 Å². The van der Waals surface area contributed by atoms with E-state index in [0.29, 0.717) is 5.69 Å². The van der Waals surface area contributed by atoms with Crippen molar-refractivity contribution in [3.8, 4) is 0 Å². The third-order valence-electron chi connectivity index (χ3n) is 2.91. The molecule has 0 saturated heterocycles. The predicted molar refractivity (Wildman–Crippen MR) is 75.4 cm³/mol. The van der Waals surface area contributed by atoms with Gasteiger partial charge in [0.05, 0.1) is 5.69 Å². The van der Waals surface area contributed by atoms with Crippen LogP contribution in [0, 0.1) is 12.7 Å². The van der Waals surface area contributed by atoms with Crippen molar-refractivity contribution >= 4 is 21.4 Å². The summed E-state index contributed by atoms with van der Waals surface area (Å²) in [7, 11) is -2.67. The summed E-state index contributed by atoms with van der Waals surface area (Å²) >= 11 is 0. The fraction of sp³-hybridized carbons (Fsp3) is 0.154. The Kier molecular flexibility index (Phi) is 3.63. The highest BCUT2D eigenvalue weighted by molar-refractivity contribution is 7.92. The first-order valence-electron chi connectivity index (χ1n) is 5.78. The van der Waals surface area contributed by atoms with E-state index in [-0.39, 0.29) is 11.3 Å². The van der Waals surface area contributed by atoms with Crippen LogP contribution in [0.5, 0.6) is 0 Å². The molecule has 0 radical (unpaired) electrons. The molecule has 0 spiro atoms. The van der Waals surface area contributed by atoms with E-state index in [1.54, 1.807) is 0 Å². The number of hydrogen-bond donors (Lipinski definition) is 1. The molecule has 0 bridgehead atoms. The molecule has 20 heavy (non-hydrogen) atoms. The van der Waals surface area contributed by atoms with Crippen molar-refractivity contribution < 1.29 is 12.8 Å². The molecular formula is C13H14FN3O2S. The number of aromatic nitrogens is 1. The van der Waals surface area contributed by atoms with Gasteiger partial charge in [-0.25, -0.2) is 12.8 Å². The fourth-order valence-electron chi connectivity index (χ4n) is 1.79. The summed E-state index contributed by atoms with van der Waals surface area (Å²) in [5.74, 6) is -0.792. The number of sulfonamides is 1. The Labute approximate surface area is 116 Å². The summed E-state index contributed by atoms with van der Waals surface area (Å²) in [6, 6.07) is 5.55. The summed E-state index contributed by atoms with van der Waals surface area (Å²) in [4.78, 5) is 3.38. The van der Waals surface area contributed by atoms with E-state index in [0.717, 1.165) is 10.4 Å². The molecule has 0 aliphatic carbocycles. The number of halogens is 1. The SMILES string of the molecule is Cc1cc(N)cc(S(=O)(=O)N(C)c2ccncc2)c1F. The molecular weight excluding hydrogens is 281 g/mol. The molecule has 2 N–H and O–H groups in total. The van der Waals surface area contributed by atoms with Gasteiger partial charge in [-0.05, 0) is 36.8 Å². The Balaban J connectivity index is 2.57. The normalized spacial score (nSPS) is 11.3. The molecule has 7 heteroatoms. The minimum absolute atomic E-state index is 0.187. The molecule has 1 heterocycles. The van der Waals surface area contributed by atoms with Crippen molar-refractivity contribution in [2.24, 2.45) is 0 Å². The van der Waals surface area contributed by atoms with Crippen molar-refractivity contribution in [1.29, 1.82) is 0 Å². The van der Waals surface area contributed by atoms with E-state index in [1.165, 1.54) is 44.6 Å². The number of aryl methyl sites for hydroxylation is 1. The lowest BCUT2D eigenvalue weighted by Gasteiger charge is -2.20. The third kappa shape index (κ3) is 2.44. The van der Waals surface area contributed by atoms with Crippen molar-refractivity contribution in [3.63, 3.8) is 0 Å². The maximum absolute atomic E-state index is 14.1. The monoisotopic (exact) mass is 295 g/mol. The van der Waals surface area contributed by atoms with Crippen LogP contribution in [0.3, 0.4) is 0 Å². The second kappa shape index (κ2) is 5.09. The van der Waals surface area contributed by atoms with Crippen LogP contribution in [0.4, 0.5) is 15.8 Å². The van der Waals surface area contributed by atoms with Crippen LogP contribution in [0.25, 0.3) is 0 Å². The van der Waals surface area contributed by atoms with Crippen LogP contribution in [-0.2, 0) is 10.0 Å². The maximum atomic E-state index is 14.1. The Morgan fingerprint density at radius 3 is 2.45 bits per heavy atom. The molecule has 0 saturated carbocycles. The van der Waals surface area contributed by atoms with Gasteiger partial charge in [-0.1, -0.05) is 0 Å². The van der Waals surface area contributed by atoms with Crippen LogP contribution in [0.2, 0.25) is 0 Å². The molecule has 2 rings (SSSR count). The Hall–Kier alpha value is -2.15. The van der Waals surface area contributed by atoms with Crippen molar-refractivity contribution in [2.45, 2.75) is 11.8 Å². The molecule has 1 aromatic carbocycles. The molecule has 0 unspecified atom stereocenters. The average Bonchev–Trinajstić information content (AvgIpc) is 2.42. The first-order chi connectivity index (χ1) is 9.34. The Morgan fingerprint density at radius 1 is 1.25 bits per heavy atom. The summed E-state index contributed by atoms with van der Waals surface area (Å²) in [6.07, 6.45) is 2.92. The zero-order valence-corrected chi connectivity index (χ0v) is 11.9. The first kappa shape index (κ1) is 14.3. The molecule has 106 valence electrons. The first-order valence-corrected chi connectivity index (χ1v) is 7.22. The molecule has 2 aromatic rings. The molecule has 0 amide bonds. The number of rotatable bonds is 3. The second-order valence-electron chi connectivity index (χ2n) is 4.33. The predicted octanol–water partition coefficient (Wildman–Crippen LogP) is 1.94. The summed E-state index contributed by atoms with van der Waals surface area (Å²) in [5.41, 5.74) is 6.38. The largest absolute Gasteiger partial charge is 0.399 e. The van der Waals surface area contributed by atoms with Crippen LogP contribution in [-0.4, -0.2) is 20.4 Å². The number of benzene rings is 1. The number of nitrogens with two attached hydrogens (primary N) is 1. The van der Waals surface area contributed by atoms with Gasteiger partial charge in [0.1, 0.15) is 10.7 Å². The topological polar surface area (TPSA) is 76.3 Å². The van der Waals surface area contributed by atoms with E-state index in [2.05, 4.69) is 4.98 Å². The van der Waals surface area contributed by atoms with E-state index >= 15 is 0 Å². The molecule has 0 fully saturated rings. The number of nitrogen functional groups attached to an aromatic ring is 1. The van der Waals surface area contributed by atoms with Gasteiger partial charge in [0.15, 0.2) is 0 Å². The van der Waals surface area contributed by atoms with Gasteiger partial charge in [0.2, 0.25) is 0 Å². The fourth-order valence-corrected chi connectivity index (χ4v) is 3.16. The number of pyridine rings is 1. The van der Waals surface area contributed by atoms with Gasteiger partial charge < -0.3 is 5.73 Å². The highest BCUT2D eigenvalue weighted by Gasteiger charge is 2.26. The molecule has 1 aromatic heterocycles. The van der Waals surface area contributed by atoms with E-state index in [4.69, 9.17) is 5.73 Å². The van der Waals surface area contributed by atoms with Gasteiger partial charge in [-0.2, -0.15) is 0 Å². The molecule has 0 atom stereocenters. The Bertz CT molecular complexity index is 733. The van der Waals surface area contributed by atoms with E-state index < -0.39 is 20.7 Å². The van der Waals surface area contributed by atoms with Crippen LogP contribution >= 0.6 is 0 Å². The summed E-state index contributed by atoms with van der Waals surface area (Å²) in [5, 5.41) is 0. The number of anilines is 2. The van der Waals surface area contributed by atoms with Gasteiger partial charge in [-0.3, -0.25) is 9.29 Å². The van der Waals surface area contributed by atoms with Gasteiger partial charge in [0, 0.05) is 25.1 Å². The van der Waals surface area contributed by atoms with Gasteiger partial charge in [0.25, 0.3) is 10.0 Å². The second-order valence-corrected chi connectivity index (χ2v) is 6.27. The minimum atomic E-state index is -4.02. The summed E-state index contributed by atoms with van der Waals surface area (Å²) < 4.78 is 40.0. The smallest absolute Gasteiger partial charge is 0.267 e. The standard InChI is InChI=1S/C13H14FN3O2S/c1-9-7-10(15)8-12(13(9)14)20(18,19)17(2)11-3-5-16-6-4-11/h3-8H,15H2,1-2H3. The average molecular weight is 295 g/mol. The quantitative estimate of drug-likeness (QED) is 0.878. The molecule has 0 aliphatic rings. The number of hydrogen-bond acceptors (Lipinski definition) is 4. The lowest BCUT2D eigenvalue weighted by molar-refractivity contribution is 0.561. The lowest BCUT2D eigenvalue weighted by atomic mass is 10.2. The zero-order chi connectivity index (χ0) is 14.9. The van der Waals surface area contributed by atoms with Crippen molar-refractivity contribution in [3.05, 3.63) is 48.0 Å². The minimum Gasteiger partial charge on any atom is -0.399 e. The highest BCUT2D eigenvalue weighted by atomic mass is 32.2. The van der Waals surface area contributed by atoms with E-state index in [1.807, 2.05) is 0 Å². The van der Waals surface area contributed by atoms with Crippen LogP contribution in [0.1, 0.15) is 5.56 Å². The molecule has 5 nitrogen and oxygen atoms in total. The zero-order valence-electron chi connectivity index (χ0n) is 11.0. The lowest BCUT2D eigenvalue weighted by Crippen LogP contribution is -2.27. The van der Waals surface area contributed by atoms with Crippen molar-refractivity contribution in [2.75, 3.05) is 17.1 Å². The Morgan fingerprint density at radius 2 is 1.85 bits per heavy atom. The van der Waals surface area contributed by atoms with Gasteiger partial charge >= 0.3 is 0 Å². The van der Waals surface area contributed by atoms with Crippen molar-refractivity contribution in [1.82, 2.24) is 4.98 Å². The van der Waals surface area contributed by atoms with E-state index in [9.17, 15) is 12.8 Å².